The van der Waals surface area contributed by atoms with Crippen LogP contribution in [0.2, 0.25) is 0 Å². The Hall–Kier alpha value is -0.870. The van der Waals surface area contributed by atoms with E-state index in [1.54, 1.807) is 0 Å². The van der Waals surface area contributed by atoms with E-state index in [0.29, 0.717) is 6.10 Å². The Bertz CT molecular complexity index is 326. The molecule has 2 rings (SSSR count). The second-order valence-corrected chi connectivity index (χ2v) is 5.41. The predicted octanol–water partition coefficient (Wildman–Crippen LogP) is 2.14. The lowest BCUT2D eigenvalue weighted by Crippen LogP contribution is -2.42. The third kappa shape index (κ3) is 4.05. The third-order valence-corrected chi connectivity index (χ3v) is 3.85. The summed E-state index contributed by atoms with van der Waals surface area (Å²) in [4.78, 5) is 14.1. The SMILES string of the molecule is CC/C=C(\C)C(=O)N1CCC(O[C@H]2CCOC2)CC1. The van der Waals surface area contributed by atoms with Crippen molar-refractivity contribution in [1.29, 1.82) is 0 Å². The minimum atomic E-state index is 0.185. The number of rotatable bonds is 4. The Labute approximate surface area is 115 Å². The van der Waals surface area contributed by atoms with Gasteiger partial charge >= 0.3 is 0 Å². The van der Waals surface area contributed by atoms with Crippen molar-refractivity contribution in [2.45, 2.75) is 51.7 Å². The minimum Gasteiger partial charge on any atom is -0.379 e. The van der Waals surface area contributed by atoms with Crippen molar-refractivity contribution in [3.05, 3.63) is 11.6 Å². The third-order valence-electron chi connectivity index (χ3n) is 3.85. The maximum Gasteiger partial charge on any atom is 0.249 e. The molecule has 0 saturated carbocycles. The van der Waals surface area contributed by atoms with Crippen molar-refractivity contribution >= 4 is 5.91 Å². The fourth-order valence-electron chi connectivity index (χ4n) is 2.73. The molecule has 108 valence electrons. The average Bonchev–Trinajstić information content (AvgIpc) is 2.92. The Morgan fingerprint density at radius 3 is 2.63 bits per heavy atom. The maximum atomic E-state index is 12.1. The van der Waals surface area contributed by atoms with Crippen molar-refractivity contribution in [2.24, 2.45) is 0 Å². The molecule has 0 unspecified atom stereocenters. The molecule has 1 atom stereocenters. The molecular weight excluding hydrogens is 242 g/mol. The summed E-state index contributed by atoms with van der Waals surface area (Å²) in [5.74, 6) is 0.185. The van der Waals surface area contributed by atoms with Crippen molar-refractivity contribution in [3.63, 3.8) is 0 Å². The number of nitrogens with zero attached hydrogens (tertiary/aromatic N) is 1. The number of hydrogen-bond acceptors (Lipinski definition) is 3. The summed E-state index contributed by atoms with van der Waals surface area (Å²) in [7, 11) is 0. The van der Waals surface area contributed by atoms with Crippen molar-refractivity contribution < 1.29 is 14.3 Å². The molecular formula is C15H25NO3. The van der Waals surface area contributed by atoms with Gasteiger partial charge < -0.3 is 14.4 Å². The van der Waals surface area contributed by atoms with Gasteiger partial charge in [0.1, 0.15) is 0 Å². The molecule has 0 aromatic heterocycles. The van der Waals surface area contributed by atoms with Gasteiger partial charge in [0.2, 0.25) is 5.91 Å². The van der Waals surface area contributed by atoms with Gasteiger partial charge in [-0.15, -0.1) is 0 Å². The normalized spacial score (nSPS) is 25.9. The lowest BCUT2D eigenvalue weighted by Gasteiger charge is -2.33. The molecule has 0 N–H and O–H groups in total. The number of allylic oxidation sites excluding steroid dienone is 1. The van der Waals surface area contributed by atoms with Gasteiger partial charge in [-0.3, -0.25) is 4.79 Å². The number of piperidine rings is 1. The molecule has 0 radical (unpaired) electrons. The standard InChI is InChI=1S/C15H25NO3/c1-3-4-12(2)15(17)16-8-5-13(6-9-16)19-14-7-10-18-11-14/h4,13-14H,3,5-11H2,1-2H3/b12-4+/t14-/m0/s1. The Balaban J connectivity index is 1.75. The molecule has 2 aliphatic rings. The lowest BCUT2D eigenvalue weighted by molar-refractivity contribution is -0.130. The molecule has 0 aromatic carbocycles. The zero-order chi connectivity index (χ0) is 13.7. The molecule has 4 heteroatoms. The maximum absolute atomic E-state index is 12.1. The highest BCUT2D eigenvalue weighted by atomic mass is 16.5. The van der Waals surface area contributed by atoms with E-state index < -0.39 is 0 Å². The molecule has 1 amide bonds. The van der Waals surface area contributed by atoms with Crippen LogP contribution in [0.15, 0.2) is 11.6 Å². The Morgan fingerprint density at radius 1 is 1.32 bits per heavy atom. The predicted molar refractivity (Wildman–Crippen MR) is 74.0 cm³/mol. The van der Waals surface area contributed by atoms with Gasteiger partial charge in [0.05, 0.1) is 18.8 Å². The first-order chi connectivity index (χ1) is 9.20. The molecule has 2 heterocycles. The summed E-state index contributed by atoms with van der Waals surface area (Å²) >= 11 is 0. The average molecular weight is 267 g/mol. The van der Waals surface area contributed by atoms with Gasteiger partial charge in [-0.25, -0.2) is 0 Å². The molecule has 2 saturated heterocycles. The van der Waals surface area contributed by atoms with E-state index in [-0.39, 0.29) is 12.0 Å². The van der Waals surface area contributed by atoms with Crippen molar-refractivity contribution in [2.75, 3.05) is 26.3 Å². The van der Waals surface area contributed by atoms with Crippen molar-refractivity contribution in [1.82, 2.24) is 4.90 Å². The molecule has 0 aliphatic carbocycles. The van der Waals surface area contributed by atoms with Crippen LogP contribution in [0.25, 0.3) is 0 Å². The fraction of sp³-hybridized carbons (Fsp3) is 0.800. The highest BCUT2D eigenvalue weighted by Gasteiger charge is 2.27. The first kappa shape index (κ1) is 14.5. The van der Waals surface area contributed by atoms with Crippen LogP contribution in [0.1, 0.15) is 39.5 Å². The summed E-state index contributed by atoms with van der Waals surface area (Å²) < 4.78 is 11.3. The van der Waals surface area contributed by atoms with Gasteiger partial charge in [0.15, 0.2) is 0 Å². The van der Waals surface area contributed by atoms with E-state index in [9.17, 15) is 4.79 Å². The van der Waals surface area contributed by atoms with Crippen LogP contribution < -0.4 is 0 Å². The second kappa shape index (κ2) is 7.06. The second-order valence-electron chi connectivity index (χ2n) is 5.41. The van der Waals surface area contributed by atoms with E-state index >= 15 is 0 Å². The molecule has 2 fully saturated rings. The minimum absolute atomic E-state index is 0.185. The van der Waals surface area contributed by atoms with E-state index in [2.05, 4.69) is 6.92 Å². The molecule has 4 nitrogen and oxygen atoms in total. The van der Waals surface area contributed by atoms with Gasteiger partial charge in [0.25, 0.3) is 0 Å². The summed E-state index contributed by atoms with van der Waals surface area (Å²) in [5.41, 5.74) is 0.867. The fourth-order valence-corrected chi connectivity index (χ4v) is 2.73. The van der Waals surface area contributed by atoms with Crippen LogP contribution in [0, 0.1) is 0 Å². The van der Waals surface area contributed by atoms with E-state index in [1.807, 2.05) is 17.9 Å². The highest BCUT2D eigenvalue weighted by Crippen LogP contribution is 2.20. The molecule has 2 aliphatic heterocycles. The first-order valence-corrected chi connectivity index (χ1v) is 7.40. The van der Waals surface area contributed by atoms with E-state index in [1.165, 1.54) is 0 Å². The monoisotopic (exact) mass is 267 g/mol. The van der Waals surface area contributed by atoms with Crippen LogP contribution in [0.3, 0.4) is 0 Å². The molecule has 0 aromatic rings. The van der Waals surface area contributed by atoms with Gasteiger partial charge in [-0.05, 0) is 32.6 Å². The summed E-state index contributed by atoms with van der Waals surface area (Å²) in [6, 6.07) is 0. The Kier molecular flexibility index (Phi) is 5.40. The zero-order valence-corrected chi connectivity index (χ0v) is 12.1. The largest absolute Gasteiger partial charge is 0.379 e. The molecule has 0 spiro atoms. The summed E-state index contributed by atoms with van der Waals surface area (Å²) in [5, 5.41) is 0. The highest BCUT2D eigenvalue weighted by molar-refractivity contribution is 5.92. The molecule has 0 bridgehead atoms. The van der Waals surface area contributed by atoms with Crippen LogP contribution in [0.4, 0.5) is 0 Å². The number of amides is 1. The van der Waals surface area contributed by atoms with E-state index in [0.717, 1.165) is 57.6 Å². The number of hydrogen-bond donors (Lipinski definition) is 0. The number of likely N-dealkylation sites (tertiary alicyclic amines) is 1. The summed E-state index contributed by atoms with van der Waals surface area (Å²) in [6.45, 7) is 7.14. The molecule has 19 heavy (non-hydrogen) atoms. The number of carbonyl (C=O) groups is 1. The van der Waals surface area contributed by atoms with Gasteiger partial charge in [-0.2, -0.15) is 0 Å². The quantitative estimate of drug-likeness (QED) is 0.733. The number of carbonyl (C=O) groups excluding carboxylic acids is 1. The Morgan fingerprint density at radius 2 is 2.05 bits per heavy atom. The van der Waals surface area contributed by atoms with Crippen LogP contribution in [0.5, 0.6) is 0 Å². The topological polar surface area (TPSA) is 38.8 Å². The van der Waals surface area contributed by atoms with E-state index in [4.69, 9.17) is 9.47 Å². The summed E-state index contributed by atoms with van der Waals surface area (Å²) in [6.07, 6.45) is 6.39. The van der Waals surface area contributed by atoms with Gasteiger partial charge in [0, 0.05) is 25.3 Å². The van der Waals surface area contributed by atoms with Gasteiger partial charge in [-0.1, -0.05) is 13.0 Å². The number of ether oxygens (including phenoxy) is 2. The first-order valence-electron chi connectivity index (χ1n) is 7.40. The van der Waals surface area contributed by atoms with Crippen LogP contribution in [-0.2, 0) is 14.3 Å². The van der Waals surface area contributed by atoms with Crippen LogP contribution in [-0.4, -0.2) is 49.3 Å². The van der Waals surface area contributed by atoms with Crippen LogP contribution >= 0.6 is 0 Å². The van der Waals surface area contributed by atoms with Crippen molar-refractivity contribution in [3.8, 4) is 0 Å². The smallest absolute Gasteiger partial charge is 0.249 e. The lowest BCUT2D eigenvalue weighted by atomic mass is 10.1. The zero-order valence-electron chi connectivity index (χ0n) is 12.1.